The minimum Gasteiger partial charge on any atom is -0.319 e. The average molecular weight is 219 g/mol. The Bertz CT molecular complexity index is 482. The number of aryl methyl sites for hydroxylation is 3. The van der Waals surface area contributed by atoms with Gasteiger partial charge in [0.15, 0.2) is 0 Å². The zero-order valence-electron chi connectivity index (χ0n) is 9.88. The van der Waals surface area contributed by atoms with Crippen LogP contribution < -0.4 is 5.73 Å². The summed E-state index contributed by atoms with van der Waals surface area (Å²) in [4.78, 5) is 0. The Hall–Kier alpha value is -1.62. The number of nitrogens with zero attached hydrogens (tertiary/aromatic N) is 4. The molecule has 0 spiro atoms. The van der Waals surface area contributed by atoms with Crippen molar-refractivity contribution >= 4 is 0 Å². The fourth-order valence-corrected chi connectivity index (χ4v) is 1.85. The number of hydrogen-bond donors (Lipinski definition) is 1. The molecule has 0 bridgehead atoms. The van der Waals surface area contributed by atoms with E-state index in [1.807, 2.05) is 32.6 Å². The van der Waals surface area contributed by atoms with Gasteiger partial charge in [0.1, 0.15) is 0 Å². The van der Waals surface area contributed by atoms with Crippen molar-refractivity contribution in [3.63, 3.8) is 0 Å². The second-order valence-electron chi connectivity index (χ2n) is 3.95. The number of aromatic nitrogens is 4. The van der Waals surface area contributed by atoms with Gasteiger partial charge in [-0.1, -0.05) is 6.92 Å². The summed E-state index contributed by atoms with van der Waals surface area (Å²) < 4.78 is 3.56. The maximum absolute atomic E-state index is 6.19. The summed E-state index contributed by atoms with van der Waals surface area (Å²) in [6, 6.07) is 1.75. The molecule has 2 N–H and O–H groups in total. The molecule has 2 aromatic rings. The molecule has 0 fully saturated rings. The third kappa shape index (κ3) is 1.86. The van der Waals surface area contributed by atoms with Gasteiger partial charge in [-0.05, 0) is 12.5 Å². The fourth-order valence-electron chi connectivity index (χ4n) is 1.85. The quantitative estimate of drug-likeness (QED) is 0.829. The Morgan fingerprint density at radius 1 is 1.31 bits per heavy atom. The first-order valence-corrected chi connectivity index (χ1v) is 5.39. The second-order valence-corrected chi connectivity index (χ2v) is 3.95. The van der Waals surface area contributed by atoms with Crippen molar-refractivity contribution in [1.29, 1.82) is 0 Å². The Morgan fingerprint density at radius 3 is 2.62 bits per heavy atom. The third-order valence-corrected chi connectivity index (χ3v) is 2.66. The van der Waals surface area contributed by atoms with E-state index in [-0.39, 0.29) is 6.04 Å². The van der Waals surface area contributed by atoms with Crippen molar-refractivity contribution in [3.8, 4) is 0 Å². The molecule has 2 heterocycles. The summed E-state index contributed by atoms with van der Waals surface area (Å²) in [6.45, 7) is 2.08. The lowest BCUT2D eigenvalue weighted by Crippen LogP contribution is -2.14. The topological polar surface area (TPSA) is 61.7 Å². The van der Waals surface area contributed by atoms with Gasteiger partial charge in [0.05, 0.1) is 17.4 Å². The van der Waals surface area contributed by atoms with Crippen LogP contribution in [-0.2, 0) is 20.5 Å². The molecule has 2 rings (SSSR count). The molecule has 0 aliphatic heterocycles. The molecule has 0 radical (unpaired) electrons. The van der Waals surface area contributed by atoms with E-state index in [9.17, 15) is 0 Å². The van der Waals surface area contributed by atoms with E-state index in [4.69, 9.17) is 5.73 Å². The molecular weight excluding hydrogens is 202 g/mol. The zero-order chi connectivity index (χ0) is 11.7. The predicted molar refractivity (Wildman–Crippen MR) is 61.8 cm³/mol. The largest absolute Gasteiger partial charge is 0.319 e. The van der Waals surface area contributed by atoms with Gasteiger partial charge in [-0.25, -0.2) is 0 Å². The van der Waals surface area contributed by atoms with Gasteiger partial charge in [0.2, 0.25) is 0 Å². The van der Waals surface area contributed by atoms with E-state index in [2.05, 4.69) is 17.1 Å². The molecule has 0 aliphatic rings. The molecule has 2 aromatic heterocycles. The van der Waals surface area contributed by atoms with E-state index in [1.165, 1.54) is 0 Å². The molecule has 0 aliphatic carbocycles. The van der Waals surface area contributed by atoms with Gasteiger partial charge in [0, 0.05) is 32.1 Å². The Morgan fingerprint density at radius 2 is 2.06 bits per heavy atom. The minimum atomic E-state index is -0.190. The molecule has 5 heteroatoms. The Balaban J connectivity index is 2.36. The normalized spacial score (nSPS) is 13.0. The zero-order valence-corrected chi connectivity index (χ0v) is 9.88. The number of hydrogen-bond acceptors (Lipinski definition) is 3. The summed E-state index contributed by atoms with van der Waals surface area (Å²) in [5.41, 5.74) is 9.17. The molecule has 0 amide bonds. The van der Waals surface area contributed by atoms with Crippen LogP contribution in [0.2, 0.25) is 0 Å². The lowest BCUT2D eigenvalue weighted by Gasteiger charge is -2.07. The molecule has 5 nitrogen and oxygen atoms in total. The van der Waals surface area contributed by atoms with Gasteiger partial charge in [-0.2, -0.15) is 10.2 Å². The van der Waals surface area contributed by atoms with Crippen molar-refractivity contribution < 1.29 is 0 Å². The first kappa shape index (κ1) is 10.9. The van der Waals surface area contributed by atoms with Crippen molar-refractivity contribution in [2.45, 2.75) is 19.4 Å². The van der Waals surface area contributed by atoms with Crippen LogP contribution in [0.25, 0.3) is 0 Å². The molecule has 86 valence electrons. The standard InChI is InChI=1S/C11H17N5/c1-4-9-8(7-16(3)13-9)11(12)10-5-6-15(2)14-10/h5-7,11H,4,12H2,1-3H3. The summed E-state index contributed by atoms with van der Waals surface area (Å²) >= 11 is 0. The van der Waals surface area contributed by atoms with E-state index in [1.54, 1.807) is 9.36 Å². The maximum atomic E-state index is 6.19. The van der Waals surface area contributed by atoms with Crippen LogP contribution >= 0.6 is 0 Å². The van der Waals surface area contributed by atoms with Gasteiger partial charge >= 0.3 is 0 Å². The van der Waals surface area contributed by atoms with E-state index >= 15 is 0 Å². The first-order valence-electron chi connectivity index (χ1n) is 5.39. The number of rotatable bonds is 3. The minimum absolute atomic E-state index is 0.190. The van der Waals surface area contributed by atoms with Crippen LogP contribution in [-0.4, -0.2) is 19.6 Å². The maximum Gasteiger partial charge on any atom is 0.0838 e. The van der Waals surface area contributed by atoms with Crippen molar-refractivity contribution in [2.75, 3.05) is 0 Å². The fraction of sp³-hybridized carbons (Fsp3) is 0.455. The monoisotopic (exact) mass is 219 g/mol. The van der Waals surface area contributed by atoms with Crippen LogP contribution in [0.5, 0.6) is 0 Å². The smallest absolute Gasteiger partial charge is 0.0838 e. The van der Waals surface area contributed by atoms with Gasteiger partial charge in [0.25, 0.3) is 0 Å². The molecule has 16 heavy (non-hydrogen) atoms. The highest BCUT2D eigenvalue weighted by atomic mass is 15.3. The Labute approximate surface area is 94.9 Å². The summed E-state index contributed by atoms with van der Waals surface area (Å²) in [6.07, 6.45) is 4.76. The molecular formula is C11H17N5. The SMILES string of the molecule is CCc1nn(C)cc1C(N)c1ccn(C)n1. The van der Waals surface area contributed by atoms with Crippen LogP contribution in [0.3, 0.4) is 0 Å². The van der Waals surface area contributed by atoms with E-state index < -0.39 is 0 Å². The van der Waals surface area contributed by atoms with Crippen LogP contribution in [0.15, 0.2) is 18.5 Å². The Kier molecular flexibility index (Phi) is 2.78. The highest BCUT2D eigenvalue weighted by molar-refractivity contribution is 5.28. The first-order chi connectivity index (χ1) is 7.61. The van der Waals surface area contributed by atoms with E-state index in [0.717, 1.165) is 23.4 Å². The summed E-state index contributed by atoms with van der Waals surface area (Å²) in [5.74, 6) is 0. The molecule has 0 saturated carbocycles. The highest BCUT2D eigenvalue weighted by Gasteiger charge is 2.17. The predicted octanol–water partition coefficient (Wildman–Crippen LogP) is 0.764. The highest BCUT2D eigenvalue weighted by Crippen LogP contribution is 2.20. The number of nitrogens with two attached hydrogens (primary N) is 1. The van der Waals surface area contributed by atoms with Crippen LogP contribution in [0, 0.1) is 0 Å². The molecule has 0 aromatic carbocycles. The second kappa shape index (κ2) is 4.09. The summed E-state index contributed by atoms with van der Waals surface area (Å²) in [5, 5.41) is 8.71. The van der Waals surface area contributed by atoms with Gasteiger partial charge in [-0.3, -0.25) is 9.36 Å². The lowest BCUT2D eigenvalue weighted by atomic mass is 10.0. The van der Waals surface area contributed by atoms with Gasteiger partial charge < -0.3 is 5.73 Å². The molecule has 0 saturated heterocycles. The lowest BCUT2D eigenvalue weighted by molar-refractivity contribution is 0.712. The molecule has 1 unspecified atom stereocenters. The van der Waals surface area contributed by atoms with E-state index in [0.29, 0.717) is 0 Å². The molecule has 1 atom stereocenters. The average Bonchev–Trinajstić information content (AvgIpc) is 2.83. The van der Waals surface area contributed by atoms with Crippen LogP contribution in [0.4, 0.5) is 0 Å². The van der Waals surface area contributed by atoms with Crippen molar-refractivity contribution in [2.24, 2.45) is 19.8 Å². The van der Waals surface area contributed by atoms with Crippen LogP contribution in [0.1, 0.15) is 29.9 Å². The van der Waals surface area contributed by atoms with Gasteiger partial charge in [-0.15, -0.1) is 0 Å². The third-order valence-electron chi connectivity index (χ3n) is 2.66. The van der Waals surface area contributed by atoms with Crippen molar-refractivity contribution in [1.82, 2.24) is 19.6 Å². The summed E-state index contributed by atoms with van der Waals surface area (Å²) in [7, 11) is 3.80. The van der Waals surface area contributed by atoms with Crippen molar-refractivity contribution in [3.05, 3.63) is 35.4 Å².